The predicted molar refractivity (Wildman–Crippen MR) is 93.1 cm³/mol. The number of furan rings is 1. The Balaban J connectivity index is 1.90. The molecule has 0 radical (unpaired) electrons. The summed E-state index contributed by atoms with van der Waals surface area (Å²) in [7, 11) is 0. The minimum atomic E-state index is -0.993. The van der Waals surface area contributed by atoms with Gasteiger partial charge in [0.15, 0.2) is 6.10 Å². The van der Waals surface area contributed by atoms with Gasteiger partial charge in [-0.05, 0) is 50.3 Å². The first-order valence-corrected chi connectivity index (χ1v) is 7.82. The number of ether oxygens (including phenoxy) is 1. The Bertz CT molecular complexity index is 783. The number of carbonyl (C=O) groups excluding carboxylic acids is 2. The van der Waals surface area contributed by atoms with Gasteiger partial charge in [-0.3, -0.25) is 4.79 Å². The van der Waals surface area contributed by atoms with Crippen molar-refractivity contribution in [3.8, 4) is 0 Å². The lowest BCUT2D eigenvalue weighted by molar-refractivity contribution is -0.148. The lowest BCUT2D eigenvalue weighted by atomic mass is 10.3. The first-order valence-electron chi connectivity index (χ1n) is 7.06. The molecule has 0 bridgehead atoms. The highest BCUT2D eigenvalue weighted by Crippen LogP contribution is 2.25. The van der Waals surface area contributed by atoms with Crippen molar-refractivity contribution >= 4 is 46.8 Å². The van der Waals surface area contributed by atoms with Crippen molar-refractivity contribution < 1.29 is 18.7 Å². The van der Waals surface area contributed by atoms with Crippen LogP contribution in [0.4, 0.5) is 5.69 Å². The third-order valence-corrected chi connectivity index (χ3v) is 3.54. The zero-order chi connectivity index (χ0) is 17.7. The highest BCUT2D eigenvalue weighted by Gasteiger charge is 2.17. The summed E-state index contributed by atoms with van der Waals surface area (Å²) in [6, 6.07) is 8.16. The molecule has 24 heavy (non-hydrogen) atoms. The van der Waals surface area contributed by atoms with E-state index in [1.807, 2.05) is 0 Å². The van der Waals surface area contributed by atoms with Crippen LogP contribution in [-0.4, -0.2) is 18.0 Å². The van der Waals surface area contributed by atoms with Crippen LogP contribution in [0.25, 0.3) is 6.08 Å². The zero-order valence-electron chi connectivity index (χ0n) is 13.0. The summed E-state index contributed by atoms with van der Waals surface area (Å²) in [6.07, 6.45) is 1.67. The SMILES string of the molecule is Cc1ccc(/C=C/C(=O)OC(C)C(=O)Nc2ccc(Cl)cc2Cl)o1. The molecule has 126 valence electrons. The molecule has 1 amide bonds. The Morgan fingerprint density at radius 1 is 1.25 bits per heavy atom. The molecule has 7 heteroatoms. The molecule has 0 aliphatic carbocycles. The fourth-order valence-electron chi connectivity index (χ4n) is 1.79. The second kappa shape index (κ2) is 8.04. The summed E-state index contributed by atoms with van der Waals surface area (Å²) in [5.74, 6) is 0.0915. The van der Waals surface area contributed by atoms with E-state index in [-0.39, 0.29) is 0 Å². The molecule has 1 unspecified atom stereocenters. The van der Waals surface area contributed by atoms with Gasteiger partial charge in [0, 0.05) is 11.1 Å². The van der Waals surface area contributed by atoms with Gasteiger partial charge in [-0.1, -0.05) is 23.2 Å². The molecule has 1 N–H and O–H groups in total. The molecule has 1 atom stereocenters. The molecule has 0 saturated heterocycles. The van der Waals surface area contributed by atoms with Gasteiger partial charge in [0.05, 0.1) is 10.7 Å². The van der Waals surface area contributed by atoms with Crippen LogP contribution in [0.1, 0.15) is 18.4 Å². The molecular formula is C17H15Cl2NO4. The largest absolute Gasteiger partial charge is 0.462 e. The normalized spacial score (nSPS) is 12.2. The smallest absolute Gasteiger partial charge is 0.331 e. The number of amides is 1. The topological polar surface area (TPSA) is 68.5 Å². The Morgan fingerprint density at radius 2 is 2.00 bits per heavy atom. The number of nitrogens with one attached hydrogen (secondary N) is 1. The monoisotopic (exact) mass is 367 g/mol. The predicted octanol–water partition coefficient (Wildman–Crippen LogP) is 4.48. The third-order valence-electron chi connectivity index (χ3n) is 3.00. The van der Waals surface area contributed by atoms with Crippen LogP contribution < -0.4 is 5.32 Å². The molecule has 0 fully saturated rings. The van der Waals surface area contributed by atoms with Crippen molar-refractivity contribution in [3.63, 3.8) is 0 Å². The second-order valence-electron chi connectivity index (χ2n) is 4.97. The Morgan fingerprint density at radius 3 is 2.62 bits per heavy atom. The molecule has 0 aliphatic heterocycles. The quantitative estimate of drug-likeness (QED) is 0.624. The third kappa shape index (κ3) is 5.15. The van der Waals surface area contributed by atoms with Crippen LogP contribution in [0.2, 0.25) is 10.0 Å². The van der Waals surface area contributed by atoms with Gasteiger partial charge in [-0.2, -0.15) is 0 Å². The van der Waals surface area contributed by atoms with E-state index in [4.69, 9.17) is 32.4 Å². The fraction of sp³-hybridized carbons (Fsp3) is 0.176. The van der Waals surface area contributed by atoms with Crippen molar-refractivity contribution in [2.24, 2.45) is 0 Å². The van der Waals surface area contributed by atoms with Crippen LogP contribution in [-0.2, 0) is 14.3 Å². The van der Waals surface area contributed by atoms with Crippen molar-refractivity contribution in [1.82, 2.24) is 0 Å². The van der Waals surface area contributed by atoms with Crippen LogP contribution >= 0.6 is 23.2 Å². The summed E-state index contributed by atoms with van der Waals surface area (Å²) in [5.41, 5.74) is 0.385. The minimum absolute atomic E-state index is 0.294. The van der Waals surface area contributed by atoms with Gasteiger partial charge in [0.2, 0.25) is 0 Å². The summed E-state index contributed by atoms with van der Waals surface area (Å²) >= 11 is 11.8. The second-order valence-corrected chi connectivity index (χ2v) is 5.82. The average molecular weight is 368 g/mol. The number of benzene rings is 1. The number of rotatable bonds is 5. The van der Waals surface area contributed by atoms with Crippen LogP contribution in [0, 0.1) is 6.92 Å². The van der Waals surface area contributed by atoms with E-state index in [1.165, 1.54) is 25.1 Å². The van der Waals surface area contributed by atoms with Crippen molar-refractivity contribution in [1.29, 1.82) is 0 Å². The maximum Gasteiger partial charge on any atom is 0.331 e. The van der Waals surface area contributed by atoms with Gasteiger partial charge in [-0.15, -0.1) is 0 Å². The van der Waals surface area contributed by atoms with E-state index in [9.17, 15) is 9.59 Å². The lowest BCUT2D eigenvalue weighted by Crippen LogP contribution is -2.29. The van der Waals surface area contributed by atoms with E-state index in [0.717, 1.165) is 5.76 Å². The average Bonchev–Trinajstić information content (AvgIpc) is 2.93. The number of aryl methyl sites for hydroxylation is 1. The number of hydrogen-bond donors (Lipinski definition) is 1. The Labute approximate surface area is 149 Å². The highest BCUT2D eigenvalue weighted by molar-refractivity contribution is 6.36. The molecule has 2 rings (SSSR count). The van der Waals surface area contributed by atoms with Crippen molar-refractivity contribution in [2.75, 3.05) is 5.32 Å². The molecule has 2 aromatic rings. The number of esters is 1. The van der Waals surface area contributed by atoms with Crippen molar-refractivity contribution in [2.45, 2.75) is 20.0 Å². The van der Waals surface area contributed by atoms with Gasteiger partial charge in [0.1, 0.15) is 11.5 Å². The molecule has 5 nitrogen and oxygen atoms in total. The number of hydrogen-bond acceptors (Lipinski definition) is 4. The van der Waals surface area contributed by atoms with Crippen molar-refractivity contribution in [3.05, 3.63) is 58.0 Å². The minimum Gasteiger partial charge on any atom is -0.462 e. The lowest BCUT2D eigenvalue weighted by Gasteiger charge is -2.13. The first-order chi connectivity index (χ1) is 11.3. The first kappa shape index (κ1) is 18.1. The summed E-state index contributed by atoms with van der Waals surface area (Å²) in [4.78, 5) is 23.8. The van der Waals surface area contributed by atoms with E-state index in [2.05, 4.69) is 5.32 Å². The van der Waals surface area contributed by atoms with E-state index < -0.39 is 18.0 Å². The van der Waals surface area contributed by atoms with Gasteiger partial charge in [-0.25, -0.2) is 4.79 Å². The molecule has 0 aliphatic rings. The van der Waals surface area contributed by atoms with Gasteiger partial charge >= 0.3 is 5.97 Å². The standard InChI is InChI=1S/C17H15Cl2NO4/c1-10-3-5-13(23-10)6-8-16(21)24-11(2)17(22)20-15-7-4-12(18)9-14(15)19/h3-9,11H,1-2H3,(H,20,22)/b8-6+. The van der Waals surface area contributed by atoms with E-state index in [1.54, 1.807) is 31.2 Å². The fourth-order valence-corrected chi connectivity index (χ4v) is 2.24. The number of anilines is 1. The van der Waals surface area contributed by atoms with Crippen LogP contribution in [0.5, 0.6) is 0 Å². The molecule has 1 aromatic heterocycles. The van der Waals surface area contributed by atoms with Crippen LogP contribution in [0.3, 0.4) is 0 Å². The van der Waals surface area contributed by atoms with Gasteiger partial charge < -0.3 is 14.5 Å². The maximum atomic E-state index is 12.0. The van der Waals surface area contributed by atoms with Crippen LogP contribution in [0.15, 0.2) is 40.8 Å². The summed E-state index contributed by atoms with van der Waals surface area (Å²) in [6.45, 7) is 3.26. The molecule has 0 saturated carbocycles. The summed E-state index contributed by atoms with van der Waals surface area (Å²) in [5, 5.41) is 3.32. The maximum absolute atomic E-state index is 12.0. The Hall–Kier alpha value is -2.24. The zero-order valence-corrected chi connectivity index (χ0v) is 14.5. The molecule has 0 spiro atoms. The van der Waals surface area contributed by atoms with E-state index in [0.29, 0.717) is 21.5 Å². The van der Waals surface area contributed by atoms with Gasteiger partial charge in [0.25, 0.3) is 5.91 Å². The number of carbonyl (C=O) groups is 2. The molecular weight excluding hydrogens is 353 g/mol. The number of halogens is 2. The van der Waals surface area contributed by atoms with E-state index >= 15 is 0 Å². The molecule has 1 heterocycles. The molecule has 1 aromatic carbocycles. The summed E-state index contributed by atoms with van der Waals surface area (Å²) < 4.78 is 10.3. The highest BCUT2D eigenvalue weighted by atomic mass is 35.5. The Kier molecular flexibility index (Phi) is 6.06.